The number of sulfonamides is 1. The Bertz CT molecular complexity index is 973. The molecule has 0 radical (unpaired) electrons. The van der Waals surface area contributed by atoms with Crippen LogP contribution in [0.15, 0.2) is 24.3 Å². The van der Waals surface area contributed by atoms with Crippen LogP contribution < -0.4 is 10.2 Å². The number of benzene rings is 1. The molecule has 2 heterocycles. The van der Waals surface area contributed by atoms with Gasteiger partial charge in [0.05, 0.1) is 0 Å². The van der Waals surface area contributed by atoms with Crippen LogP contribution in [-0.4, -0.2) is 78.5 Å². The van der Waals surface area contributed by atoms with Gasteiger partial charge >= 0.3 is 6.18 Å². The van der Waals surface area contributed by atoms with Gasteiger partial charge in [0.2, 0.25) is 10.0 Å². The molecular weight excluding hydrogens is 511 g/mol. The van der Waals surface area contributed by atoms with Gasteiger partial charge in [-0.2, -0.15) is 13.2 Å². The molecule has 1 amide bonds. The van der Waals surface area contributed by atoms with E-state index in [1.807, 2.05) is 0 Å². The third kappa shape index (κ3) is 6.04. The Kier molecular flexibility index (Phi) is 8.63. The summed E-state index contributed by atoms with van der Waals surface area (Å²) in [5.41, 5.74) is 2.49. The quantitative estimate of drug-likeness (QED) is 0.407. The van der Waals surface area contributed by atoms with Crippen molar-refractivity contribution in [2.24, 2.45) is 0 Å². The molecule has 0 spiro atoms. The highest BCUT2D eigenvalue weighted by atomic mass is 35.5. The first-order valence-corrected chi connectivity index (χ1v) is 13.0. The number of hydrogen-bond acceptors (Lipinski definition) is 6. The van der Waals surface area contributed by atoms with Gasteiger partial charge in [-0.25, -0.2) is 18.2 Å². The van der Waals surface area contributed by atoms with Crippen molar-refractivity contribution in [3.63, 3.8) is 0 Å². The highest BCUT2D eigenvalue weighted by Gasteiger charge is 2.55. The van der Waals surface area contributed by atoms with Gasteiger partial charge < -0.3 is 9.64 Å². The topological polar surface area (TPSA) is 99.2 Å². The molecule has 8 nitrogen and oxygen atoms in total. The predicted octanol–water partition coefficient (Wildman–Crippen LogP) is 3.06. The van der Waals surface area contributed by atoms with Gasteiger partial charge in [0.15, 0.2) is 11.4 Å². The first kappa shape index (κ1) is 28.0. The number of likely N-dealkylation sites (tertiary alicyclic amines) is 1. The molecule has 1 aromatic rings. The number of hydroxylamine groups is 1. The molecule has 3 aliphatic rings. The molecule has 0 unspecified atom stereocenters. The molecule has 1 aromatic carbocycles. The molecule has 1 saturated carbocycles. The Labute approximate surface area is 209 Å². The zero-order chi connectivity index (χ0) is 24.6. The third-order valence-corrected chi connectivity index (χ3v) is 9.85. The zero-order valence-electron chi connectivity index (χ0n) is 19.2. The summed E-state index contributed by atoms with van der Waals surface area (Å²) in [5.74, 6) is -0.711. The van der Waals surface area contributed by atoms with Crippen molar-refractivity contribution >= 4 is 28.3 Å². The van der Waals surface area contributed by atoms with Gasteiger partial charge in [-0.1, -0.05) is 12.1 Å². The Morgan fingerprint density at radius 1 is 1.06 bits per heavy atom. The van der Waals surface area contributed by atoms with Crippen molar-refractivity contribution in [1.29, 1.82) is 0 Å². The van der Waals surface area contributed by atoms with Crippen LogP contribution in [0.25, 0.3) is 0 Å². The van der Waals surface area contributed by atoms with E-state index >= 15 is 0 Å². The summed E-state index contributed by atoms with van der Waals surface area (Å²) in [4.78, 5) is 14.9. The van der Waals surface area contributed by atoms with Gasteiger partial charge in [-0.3, -0.25) is 10.0 Å². The molecule has 2 N–H and O–H groups in total. The first-order valence-electron chi connectivity index (χ1n) is 11.5. The van der Waals surface area contributed by atoms with Crippen molar-refractivity contribution in [2.75, 3.05) is 32.8 Å². The van der Waals surface area contributed by atoms with Gasteiger partial charge in [0, 0.05) is 32.2 Å². The lowest BCUT2D eigenvalue weighted by Crippen LogP contribution is -2.62. The minimum absolute atomic E-state index is 0. The number of carbonyl (C=O) groups excluding carboxylic acids is 1. The molecule has 198 valence electrons. The molecule has 2 saturated heterocycles. The SMILES string of the molecule is Cl.O=C(NO)C1(S(=O)(=O)N2CCC(c3ccc(OCC(F)(F)F)cc3)CC2)CCN(C2CC2)CC1. The summed E-state index contributed by atoms with van der Waals surface area (Å²) in [6.45, 7) is 0.0928. The molecular formula is C22H31ClF3N3O5S. The van der Waals surface area contributed by atoms with Crippen LogP contribution in [0.5, 0.6) is 5.75 Å². The van der Waals surface area contributed by atoms with Crippen molar-refractivity contribution < 1.29 is 36.3 Å². The second-order valence-corrected chi connectivity index (χ2v) is 11.6. The number of amides is 1. The second-order valence-electron chi connectivity index (χ2n) is 9.35. The van der Waals surface area contributed by atoms with E-state index in [9.17, 15) is 31.6 Å². The number of nitrogens with one attached hydrogen (secondary N) is 1. The third-order valence-electron chi connectivity index (χ3n) is 7.23. The van der Waals surface area contributed by atoms with E-state index in [2.05, 4.69) is 4.90 Å². The van der Waals surface area contributed by atoms with E-state index < -0.39 is 33.5 Å². The first-order chi connectivity index (χ1) is 16.1. The van der Waals surface area contributed by atoms with Gasteiger partial charge in [0.25, 0.3) is 5.91 Å². The zero-order valence-corrected chi connectivity index (χ0v) is 20.8. The number of hydrogen-bond donors (Lipinski definition) is 2. The normalized spacial score (nSPS) is 22.3. The average molecular weight is 542 g/mol. The molecule has 13 heteroatoms. The van der Waals surface area contributed by atoms with Crippen LogP contribution >= 0.6 is 12.4 Å². The summed E-state index contributed by atoms with van der Waals surface area (Å²) in [6, 6.07) is 6.85. The number of carbonyl (C=O) groups is 1. The highest BCUT2D eigenvalue weighted by molar-refractivity contribution is 7.91. The Morgan fingerprint density at radius 3 is 2.11 bits per heavy atom. The minimum atomic E-state index is -4.41. The Balaban J connectivity index is 0.00000342. The lowest BCUT2D eigenvalue weighted by atomic mass is 9.90. The van der Waals surface area contributed by atoms with E-state index in [-0.39, 0.29) is 50.0 Å². The van der Waals surface area contributed by atoms with E-state index in [0.717, 1.165) is 18.4 Å². The van der Waals surface area contributed by atoms with E-state index in [4.69, 9.17) is 4.74 Å². The largest absolute Gasteiger partial charge is 0.484 e. The van der Waals surface area contributed by atoms with Crippen molar-refractivity contribution in [2.45, 2.75) is 61.4 Å². The van der Waals surface area contributed by atoms with Crippen LogP contribution in [0.2, 0.25) is 0 Å². The second kappa shape index (κ2) is 10.8. The molecule has 0 atom stereocenters. The summed E-state index contributed by atoms with van der Waals surface area (Å²) in [7, 11) is -4.01. The number of nitrogens with zero attached hydrogens (tertiary/aromatic N) is 2. The molecule has 4 rings (SSSR count). The summed E-state index contributed by atoms with van der Waals surface area (Å²) >= 11 is 0. The van der Waals surface area contributed by atoms with Crippen LogP contribution in [-0.2, 0) is 14.8 Å². The summed E-state index contributed by atoms with van der Waals surface area (Å²) in [6.07, 6.45) is -0.908. The molecule has 0 bridgehead atoms. The lowest BCUT2D eigenvalue weighted by Gasteiger charge is -2.43. The maximum absolute atomic E-state index is 13.6. The van der Waals surface area contributed by atoms with E-state index in [0.29, 0.717) is 32.0 Å². The van der Waals surface area contributed by atoms with Gasteiger partial charge in [-0.15, -0.1) is 12.4 Å². The molecule has 3 fully saturated rings. The molecule has 35 heavy (non-hydrogen) atoms. The van der Waals surface area contributed by atoms with Gasteiger partial charge in [0.1, 0.15) is 5.75 Å². The van der Waals surface area contributed by atoms with E-state index in [1.165, 1.54) is 16.4 Å². The Hall–Kier alpha value is -1.60. The number of piperidine rings is 2. The van der Waals surface area contributed by atoms with Gasteiger partial charge in [-0.05, 0) is 62.1 Å². The Morgan fingerprint density at radius 2 is 1.63 bits per heavy atom. The smallest absolute Gasteiger partial charge is 0.422 e. The monoisotopic (exact) mass is 541 g/mol. The lowest BCUT2D eigenvalue weighted by molar-refractivity contribution is -0.153. The summed E-state index contributed by atoms with van der Waals surface area (Å²) < 4.78 is 68.6. The average Bonchev–Trinajstić information content (AvgIpc) is 3.68. The van der Waals surface area contributed by atoms with Crippen LogP contribution in [0.1, 0.15) is 50.0 Å². The standard InChI is InChI=1S/C22H30F3N3O5S.ClH/c23-22(24,25)15-33-19-5-1-16(2-6-19)17-7-11-28(12-8-17)34(31,32)21(20(29)26-30)9-13-27(14-10-21)18-3-4-18;/h1-2,5-6,17-18,30H,3-4,7-15H2,(H,26,29);1H. The maximum atomic E-state index is 13.6. The predicted molar refractivity (Wildman–Crippen MR) is 124 cm³/mol. The number of halogens is 4. The molecule has 0 aromatic heterocycles. The fraction of sp³-hybridized carbons (Fsp3) is 0.682. The van der Waals surface area contributed by atoms with Crippen LogP contribution in [0.3, 0.4) is 0 Å². The van der Waals surface area contributed by atoms with E-state index in [1.54, 1.807) is 17.6 Å². The highest BCUT2D eigenvalue weighted by Crippen LogP contribution is 2.40. The minimum Gasteiger partial charge on any atom is -0.484 e. The number of ether oxygens (including phenoxy) is 1. The fourth-order valence-electron chi connectivity index (χ4n) is 5.07. The van der Waals surface area contributed by atoms with Crippen molar-refractivity contribution in [3.8, 4) is 5.75 Å². The van der Waals surface area contributed by atoms with Crippen molar-refractivity contribution in [3.05, 3.63) is 29.8 Å². The van der Waals surface area contributed by atoms with Crippen molar-refractivity contribution in [1.82, 2.24) is 14.7 Å². The summed E-state index contributed by atoms with van der Waals surface area (Å²) in [5, 5.41) is 9.33. The molecule has 2 aliphatic heterocycles. The maximum Gasteiger partial charge on any atom is 0.422 e. The molecule has 1 aliphatic carbocycles. The number of rotatable bonds is 7. The van der Waals surface area contributed by atoms with Crippen LogP contribution in [0.4, 0.5) is 13.2 Å². The fourth-order valence-corrected chi connectivity index (χ4v) is 7.24. The number of alkyl halides is 3. The van der Waals surface area contributed by atoms with Crippen LogP contribution in [0, 0.1) is 0 Å².